The molecule has 1 atom stereocenters. The van der Waals surface area contributed by atoms with Crippen LogP contribution in [-0.2, 0) is 16.0 Å². The highest BCUT2D eigenvalue weighted by atomic mass is 32.1. The number of nitrogens with zero attached hydrogens (tertiary/aromatic N) is 4. The number of ether oxygens (including phenoxy) is 1. The lowest BCUT2D eigenvalue weighted by Crippen LogP contribution is -2.10. The van der Waals surface area contributed by atoms with Gasteiger partial charge in [0, 0.05) is 17.4 Å². The van der Waals surface area contributed by atoms with Gasteiger partial charge in [-0.3, -0.25) is 4.79 Å². The van der Waals surface area contributed by atoms with E-state index in [1.807, 2.05) is 16.8 Å². The van der Waals surface area contributed by atoms with Gasteiger partial charge in [0.2, 0.25) is 11.8 Å². The van der Waals surface area contributed by atoms with Crippen LogP contribution in [0.3, 0.4) is 0 Å². The summed E-state index contributed by atoms with van der Waals surface area (Å²) in [4.78, 5) is 15.9. The second-order valence-electron chi connectivity index (χ2n) is 4.82. The molecule has 0 radical (unpaired) electrons. The first-order valence-corrected chi connectivity index (χ1v) is 7.90. The number of carbonyl (C=O) groups excluding carboxylic acids is 1. The predicted octanol–water partition coefficient (Wildman–Crippen LogP) is 2.73. The molecule has 23 heavy (non-hydrogen) atoms. The maximum absolute atomic E-state index is 11.8. The Morgan fingerprint density at radius 2 is 2.30 bits per heavy atom. The van der Waals surface area contributed by atoms with Gasteiger partial charge in [-0.1, -0.05) is 5.16 Å². The molecule has 3 heterocycles. The predicted molar refractivity (Wildman–Crippen MR) is 79.5 cm³/mol. The summed E-state index contributed by atoms with van der Waals surface area (Å²) in [5.41, 5.74) is 0.872. The molecule has 0 aliphatic heterocycles. The molecule has 0 saturated heterocycles. The van der Waals surface area contributed by atoms with Gasteiger partial charge in [-0.25, -0.2) is 0 Å². The fourth-order valence-electron chi connectivity index (χ4n) is 1.85. The van der Waals surface area contributed by atoms with Crippen LogP contribution in [0.4, 0.5) is 0 Å². The van der Waals surface area contributed by atoms with Crippen LogP contribution in [0, 0.1) is 6.92 Å². The number of aryl methyl sites for hydroxylation is 2. The van der Waals surface area contributed by atoms with E-state index in [2.05, 4.69) is 20.3 Å². The lowest BCUT2D eigenvalue weighted by molar-refractivity contribution is -0.149. The Morgan fingerprint density at radius 3 is 3.00 bits per heavy atom. The smallest absolute Gasteiger partial charge is 0.307 e. The quantitative estimate of drug-likeness (QED) is 0.634. The van der Waals surface area contributed by atoms with Crippen molar-refractivity contribution in [3.8, 4) is 11.5 Å². The van der Waals surface area contributed by atoms with E-state index < -0.39 is 12.1 Å². The lowest BCUT2D eigenvalue weighted by atomic mass is 10.3. The van der Waals surface area contributed by atoms with Crippen molar-refractivity contribution >= 4 is 17.3 Å². The molecule has 8 nitrogen and oxygen atoms in total. The fraction of sp³-hybridized carbons (Fsp3) is 0.357. The Morgan fingerprint density at radius 1 is 1.43 bits per heavy atom. The Balaban J connectivity index is 1.51. The molecule has 3 rings (SSSR count). The van der Waals surface area contributed by atoms with Crippen LogP contribution in [0.5, 0.6) is 0 Å². The number of thiophene rings is 1. The zero-order valence-corrected chi connectivity index (χ0v) is 13.4. The minimum atomic E-state index is -0.590. The number of rotatable bonds is 6. The van der Waals surface area contributed by atoms with Crippen molar-refractivity contribution in [1.82, 2.24) is 20.3 Å². The summed E-state index contributed by atoms with van der Waals surface area (Å²) in [6.45, 7) is 3.37. The number of hydrogen-bond acceptors (Lipinski definition) is 9. The number of carbonyl (C=O) groups is 1. The SMILES string of the molecule is Cc1noc(C(C)OC(=O)CCc2nnc(-c3ccsc3)o2)n1. The van der Waals surface area contributed by atoms with Gasteiger partial charge in [0.25, 0.3) is 5.89 Å². The highest BCUT2D eigenvalue weighted by Crippen LogP contribution is 2.21. The molecule has 120 valence electrons. The standard InChI is InChI=1S/C14H14N4O4S/c1-8(13-15-9(2)18-22-13)20-12(19)4-3-11-16-17-14(21-11)10-5-6-23-7-10/h5-8H,3-4H2,1-2H3. The summed E-state index contributed by atoms with van der Waals surface area (Å²) in [7, 11) is 0. The first-order chi connectivity index (χ1) is 11.1. The third kappa shape index (κ3) is 3.81. The average molecular weight is 334 g/mol. The molecule has 0 spiro atoms. The Bertz CT molecular complexity index is 780. The molecule has 0 fully saturated rings. The summed E-state index contributed by atoms with van der Waals surface area (Å²) in [6, 6.07) is 1.89. The maximum atomic E-state index is 11.8. The summed E-state index contributed by atoms with van der Waals surface area (Å²) in [5.74, 6) is 1.21. The fourth-order valence-corrected chi connectivity index (χ4v) is 2.48. The molecule has 0 saturated carbocycles. The van der Waals surface area contributed by atoms with Gasteiger partial charge in [0.05, 0.1) is 6.42 Å². The number of esters is 1. The van der Waals surface area contributed by atoms with Crippen LogP contribution >= 0.6 is 11.3 Å². The van der Waals surface area contributed by atoms with Crippen LogP contribution in [0.1, 0.15) is 37.1 Å². The minimum Gasteiger partial charge on any atom is -0.453 e. The van der Waals surface area contributed by atoms with Crippen molar-refractivity contribution in [2.24, 2.45) is 0 Å². The van der Waals surface area contributed by atoms with E-state index in [1.54, 1.807) is 25.2 Å². The molecule has 1 unspecified atom stereocenters. The molecule has 3 aromatic heterocycles. The molecule has 0 aromatic carbocycles. The van der Waals surface area contributed by atoms with Gasteiger partial charge < -0.3 is 13.7 Å². The maximum Gasteiger partial charge on any atom is 0.307 e. The molecule has 0 bridgehead atoms. The molecule has 0 aliphatic carbocycles. The van der Waals surface area contributed by atoms with Gasteiger partial charge in [-0.15, -0.1) is 10.2 Å². The summed E-state index contributed by atoms with van der Waals surface area (Å²) >= 11 is 1.55. The van der Waals surface area contributed by atoms with Crippen molar-refractivity contribution in [1.29, 1.82) is 0 Å². The van der Waals surface area contributed by atoms with Crippen molar-refractivity contribution in [3.05, 3.63) is 34.4 Å². The zero-order chi connectivity index (χ0) is 16.2. The summed E-state index contributed by atoms with van der Waals surface area (Å²) in [6.07, 6.45) is -0.151. The van der Waals surface area contributed by atoms with E-state index >= 15 is 0 Å². The first-order valence-electron chi connectivity index (χ1n) is 6.96. The third-order valence-electron chi connectivity index (χ3n) is 2.98. The van der Waals surface area contributed by atoms with E-state index in [1.165, 1.54) is 0 Å². The van der Waals surface area contributed by atoms with Crippen LogP contribution in [-0.4, -0.2) is 26.3 Å². The summed E-state index contributed by atoms with van der Waals surface area (Å²) in [5, 5.41) is 15.4. The normalized spacial score (nSPS) is 12.3. The van der Waals surface area contributed by atoms with Crippen molar-refractivity contribution in [2.75, 3.05) is 0 Å². The van der Waals surface area contributed by atoms with Crippen LogP contribution in [0.15, 0.2) is 25.8 Å². The Hall–Kier alpha value is -2.55. The van der Waals surface area contributed by atoms with Crippen molar-refractivity contribution in [2.45, 2.75) is 32.8 Å². The second kappa shape index (κ2) is 6.69. The van der Waals surface area contributed by atoms with Gasteiger partial charge in [0.15, 0.2) is 11.9 Å². The van der Waals surface area contributed by atoms with Gasteiger partial charge in [-0.2, -0.15) is 16.3 Å². The van der Waals surface area contributed by atoms with Gasteiger partial charge in [-0.05, 0) is 25.3 Å². The summed E-state index contributed by atoms with van der Waals surface area (Å²) < 4.78 is 15.7. The van der Waals surface area contributed by atoms with Crippen LogP contribution in [0.2, 0.25) is 0 Å². The first kappa shape index (κ1) is 15.3. The number of aromatic nitrogens is 4. The Labute approximate surface area is 135 Å². The molecule has 0 aliphatic rings. The molecular weight excluding hydrogens is 320 g/mol. The largest absolute Gasteiger partial charge is 0.453 e. The average Bonchev–Trinajstić information content (AvgIpc) is 3.26. The highest BCUT2D eigenvalue weighted by Gasteiger charge is 2.18. The van der Waals surface area contributed by atoms with Crippen molar-refractivity contribution in [3.63, 3.8) is 0 Å². The van der Waals surface area contributed by atoms with Crippen LogP contribution in [0.25, 0.3) is 11.5 Å². The van der Waals surface area contributed by atoms with E-state index in [9.17, 15) is 4.79 Å². The molecular formula is C14H14N4O4S. The van der Waals surface area contributed by atoms with Gasteiger partial charge >= 0.3 is 5.97 Å². The van der Waals surface area contributed by atoms with E-state index in [0.717, 1.165) is 5.56 Å². The Kier molecular flexibility index (Phi) is 4.47. The van der Waals surface area contributed by atoms with Crippen LogP contribution < -0.4 is 0 Å². The van der Waals surface area contributed by atoms with Gasteiger partial charge in [0.1, 0.15) is 0 Å². The lowest BCUT2D eigenvalue weighted by Gasteiger charge is -2.08. The monoisotopic (exact) mass is 334 g/mol. The molecule has 0 amide bonds. The van der Waals surface area contributed by atoms with E-state index in [4.69, 9.17) is 13.7 Å². The minimum absolute atomic E-state index is 0.128. The highest BCUT2D eigenvalue weighted by molar-refractivity contribution is 7.08. The topological polar surface area (TPSA) is 104 Å². The molecule has 0 N–H and O–H groups in total. The van der Waals surface area contributed by atoms with Crippen molar-refractivity contribution < 1.29 is 18.5 Å². The third-order valence-corrected chi connectivity index (χ3v) is 3.66. The second-order valence-corrected chi connectivity index (χ2v) is 5.60. The molecule has 9 heteroatoms. The van der Waals surface area contributed by atoms with E-state index in [0.29, 0.717) is 24.0 Å². The van der Waals surface area contributed by atoms with E-state index in [-0.39, 0.29) is 12.3 Å². The zero-order valence-electron chi connectivity index (χ0n) is 12.6. The molecule has 3 aromatic rings. The number of hydrogen-bond donors (Lipinski definition) is 0.